The molecule has 0 unspecified atom stereocenters. The summed E-state index contributed by atoms with van der Waals surface area (Å²) in [7, 11) is 0. The van der Waals surface area contributed by atoms with E-state index in [9.17, 15) is 14.9 Å². The van der Waals surface area contributed by atoms with Crippen molar-refractivity contribution in [3.05, 3.63) is 40.3 Å². The average Bonchev–Trinajstić information content (AvgIpc) is 3.01. The molecule has 2 aromatic rings. The summed E-state index contributed by atoms with van der Waals surface area (Å²) in [5.41, 5.74) is 2.24. The first-order valence-corrected chi connectivity index (χ1v) is 9.35. The Bertz CT molecular complexity index is 929. The van der Waals surface area contributed by atoms with Crippen LogP contribution < -0.4 is 15.0 Å². The molecule has 0 radical (unpaired) electrons. The third-order valence-electron chi connectivity index (χ3n) is 4.65. The van der Waals surface area contributed by atoms with Crippen LogP contribution in [0.2, 0.25) is 0 Å². The van der Waals surface area contributed by atoms with E-state index in [4.69, 9.17) is 4.74 Å². The maximum atomic E-state index is 12.6. The number of nitriles is 1. The first-order valence-electron chi connectivity index (χ1n) is 8.54. The van der Waals surface area contributed by atoms with Crippen LogP contribution in [0.1, 0.15) is 28.8 Å². The van der Waals surface area contributed by atoms with Gasteiger partial charge < -0.3 is 10.1 Å². The Morgan fingerprint density at radius 3 is 2.96 bits per heavy atom. The predicted octanol–water partition coefficient (Wildman–Crippen LogP) is 2.86. The van der Waals surface area contributed by atoms with Gasteiger partial charge in [0.25, 0.3) is 5.91 Å². The topological polar surface area (TPSA) is 82.4 Å². The number of benzene rings is 1. The van der Waals surface area contributed by atoms with E-state index in [0.717, 1.165) is 31.2 Å². The summed E-state index contributed by atoms with van der Waals surface area (Å²) >= 11 is 1.48. The van der Waals surface area contributed by atoms with Crippen LogP contribution >= 0.6 is 11.3 Å². The zero-order chi connectivity index (χ0) is 18.1. The fourth-order valence-electron chi connectivity index (χ4n) is 3.41. The summed E-state index contributed by atoms with van der Waals surface area (Å²) in [4.78, 5) is 27.4. The lowest BCUT2D eigenvalue weighted by molar-refractivity contribution is -0.123. The fourth-order valence-corrected chi connectivity index (χ4v) is 4.67. The van der Waals surface area contributed by atoms with Crippen LogP contribution in [0.25, 0.3) is 0 Å². The maximum Gasteiger partial charge on any atom is 0.265 e. The summed E-state index contributed by atoms with van der Waals surface area (Å²) in [6.45, 7) is -0.187. The van der Waals surface area contributed by atoms with Gasteiger partial charge in [-0.15, -0.1) is 11.3 Å². The Hall–Kier alpha value is -2.85. The summed E-state index contributed by atoms with van der Waals surface area (Å²) in [6, 6.07) is 9.38. The van der Waals surface area contributed by atoms with Crippen molar-refractivity contribution in [1.29, 1.82) is 5.26 Å². The number of carbonyl (C=O) groups excluding carboxylic acids is 2. The summed E-state index contributed by atoms with van der Waals surface area (Å²) in [5, 5.41) is 12.9. The van der Waals surface area contributed by atoms with Gasteiger partial charge in [0.05, 0.1) is 11.3 Å². The first-order chi connectivity index (χ1) is 12.7. The molecule has 2 aliphatic rings. The van der Waals surface area contributed by atoms with Crippen molar-refractivity contribution in [2.24, 2.45) is 0 Å². The second kappa shape index (κ2) is 6.81. The van der Waals surface area contributed by atoms with Crippen molar-refractivity contribution in [2.75, 3.05) is 23.4 Å². The van der Waals surface area contributed by atoms with Crippen molar-refractivity contribution in [1.82, 2.24) is 0 Å². The quantitative estimate of drug-likeness (QED) is 0.904. The summed E-state index contributed by atoms with van der Waals surface area (Å²) in [5.74, 6) is 0.0131. The number of fused-ring (bicyclic) bond motifs is 2. The van der Waals surface area contributed by atoms with Crippen molar-refractivity contribution in [3.63, 3.8) is 0 Å². The van der Waals surface area contributed by atoms with E-state index in [1.54, 1.807) is 18.2 Å². The number of ether oxygens (including phenoxy) is 1. The Kier molecular flexibility index (Phi) is 4.35. The monoisotopic (exact) mass is 367 g/mol. The van der Waals surface area contributed by atoms with Gasteiger partial charge in [0.1, 0.15) is 23.4 Å². The molecule has 1 aliphatic heterocycles. The van der Waals surface area contributed by atoms with Gasteiger partial charge in [0, 0.05) is 4.88 Å². The van der Waals surface area contributed by atoms with Gasteiger partial charge in [-0.25, -0.2) is 0 Å². The number of rotatable bonds is 3. The molecule has 0 bridgehead atoms. The summed E-state index contributed by atoms with van der Waals surface area (Å²) < 4.78 is 5.39. The van der Waals surface area contributed by atoms with Crippen LogP contribution in [0.5, 0.6) is 5.75 Å². The molecular formula is C19H17N3O3S. The molecular weight excluding hydrogens is 350 g/mol. The van der Waals surface area contributed by atoms with Crippen LogP contribution in [-0.4, -0.2) is 25.0 Å². The zero-order valence-corrected chi connectivity index (χ0v) is 14.9. The normalized spacial score (nSPS) is 15.5. The Labute approximate surface area is 155 Å². The summed E-state index contributed by atoms with van der Waals surface area (Å²) in [6.07, 6.45) is 4.04. The smallest absolute Gasteiger partial charge is 0.265 e. The molecule has 0 atom stereocenters. The highest BCUT2D eigenvalue weighted by Crippen LogP contribution is 2.38. The van der Waals surface area contributed by atoms with E-state index < -0.39 is 0 Å². The van der Waals surface area contributed by atoms with Crippen molar-refractivity contribution >= 4 is 33.8 Å². The minimum Gasteiger partial charge on any atom is -0.482 e. The molecule has 1 aliphatic carbocycles. The third kappa shape index (κ3) is 2.93. The SMILES string of the molecule is N#Cc1c(NC(=O)CN2C(=O)COc3ccccc32)sc2c1CCCC2. The van der Waals surface area contributed by atoms with E-state index in [1.165, 1.54) is 21.1 Å². The lowest BCUT2D eigenvalue weighted by Gasteiger charge is -2.28. The van der Waals surface area contributed by atoms with Gasteiger partial charge in [-0.3, -0.25) is 14.5 Å². The Morgan fingerprint density at radius 2 is 2.12 bits per heavy atom. The highest BCUT2D eigenvalue weighted by molar-refractivity contribution is 7.16. The van der Waals surface area contributed by atoms with E-state index in [1.807, 2.05) is 6.07 Å². The number of hydrogen-bond donors (Lipinski definition) is 1. The number of aryl methyl sites for hydroxylation is 1. The first kappa shape index (κ1) is 16.6. The molecule has 0 fully saturated rings. The van der Waals surface area contributed by atoms with Crippen LogP contribution in [-0.2, 0) is 22.4 Å². The number of nitrogens with zero attached hydrogens (tertiary/aromatic N) is 2. The van der Waals surface area contributed by atoms with Crippen molar-refractivity contribution in [2.45, 2.75) is 25.7 Å². The largest absolute Gasteiger partial charge is 0.482 e. The number of anilines is 2. The Morgan fingerprint density at radius 1 is 1.31 bits per heavy atom. The van der Waals surface area contributed by atoms with Crippen LogP contribution in [0.15, 0.2) is 24.3 Å². The average molecular weight is 367 g/mol. The molecule has 6 nitrogen and oxygen atoms in total. The number of nitrogens with one attached hydrogen (secondary N) is 1. The van der Waals surface area contributed by atoms with Gasteiger partial charge in [-0.05, 0) is 43.4 Å². The molecule has 1 aromatic carbocycles. The zero-order valence-electron chi connectivity index (χ0n) is 14.1. The lowest BCUT2D eigenvalue weighted by atomic mass is 9.96. The van der Waals surface area contributed by atoms with Gasteiger partial charge in [-0.2, -0.15) is 5.26 Å². The number of carbonyl (C=O) groups is 2. The highest BCUT2D eigenvalue weighted by Gasteiger charge is 2.28. The number of para-hydroxylation sites is 2. The van der Waals surface area contributed by atoms with Crippen molar-refractivity contribution in [3.8, 4) is 11.8 Å². The molecule has 2 heterocycles. The fraction of sp³-hybridized carbons (Fsp3) is 0.316. The molecule has 0 saturated carbocycles. The predicted molar refractivity (Wildman–Crippen MR) is 98.6 cm³/mol. The molecule has 2 amide bonds. The second-order valence-electron chi connectivity index (χ2n) is 6.31. The van der Waals surface area contributed by atoms with E-state index in [-0.39, 0.29) is 25.0 Å². The minimum absolute atomic E-state index is 0.0823. The van der Waals surface area contributed by atoms with Gasteiger partial charge in [0.2, 0.25) is 5.91 Å². The van der Waals surface area contributed by atoms with Gasteiger partial charge in [-0.1, -0.05) is 12.1 Å². The maximum absolute atomic E-state index is 12.6. The molecule has 1 aromatic heterocycles. The highest BCUT2D eigenvalue weighted by atomic mass is 32.1. The third-order valence-corrected chi connectivity index (χ3v) is 5.85. The molecule has 132 valence electrons. The Balaban J connectivity index is 1.54. The molecule has 0 saturated heterocycles. The number of amides is 2. The second-order valence-corrected chi connectivity index (χ2v) is 7.42. The molecule has 1 N–H and O–H groups in total. The van der Waals surface area contributed by atoms with E-state index >= 15 is 0 Å². The number of thiophene rings is 1. The van der Waals surface area contributed by atoms with Gasteiger partial charge >= 0.3 is 0 Å². The molecule has 0 spiro atoms. The van der Waals surface area contributed by atoms with E-state index in [0.29, 0.717) is 22.0 Å². The molecule has 26 heavy (non-hydrogen) atoms. The van der Waals surface area contributed by atoms with Crippen LogP contribution in [0.4, 0.5) is 10.7 Å². The standard InChI is InChI=1S/C19H17N3O3S/c20-9-13-12-5-1-4-8-16(12)26-19(13)21-17(23)10-22-14-6-2-3-7-15(14)25-11-18(22)24/h2-3,6-7H,1,4-5,8,10-11H2,(H,21,23). The van der Waals surface area contributed by atoms with E-state index in [2.05, 4.69) is 11.4 Å². The van der Waals surface area contributed by atoms with Gasteiger partial charge in [0.15, 0.2) is 6.61 Å². The van der Waals surface area contributed by atoms with Crippen molar-refractivity contribution < 1.29 is 14.3 Å². The van der Waals surface area contributed by atoms with Crippen LogP contribution in [0.3, 0.4) is 0 Å². The van der Waals surface area contributed by atoms with Crippen LogP contribution in [0, 0.1) is 11.3 Å². The number of hydrogen-bond acceptors (Lipinski definition) is 5. The lowest BCUT2D eigenvalue weighted by Crippen LogP contribution is -2.43. The molecule has 4 rings (SSSR count). The minimum atomic E-state index is -0.315. The molecule has 7 heteroatoms.